The van der Waals surface area contributed by atoms with Gasteiger partial charge in [0.15, 0.2) is 0 Å². The first-order valence-electron chi connectivity index (χ1n) is 6.60. The lowest BCUT2D eigenvalue weighted by Crippen LogP contribution is -2.25. The normalized spacial score (nSPS) is 13.3. The van der Waals surface area contributed by atoms with Crippen LogP contribution in [0.3, 0.4) is 0 Å². The van der Waals surface area contributed by atoms with Crippen molar-refractivity contribution in [3.8, 4) is 0 Å². The molecule has 3 heteroatoms. The summed E-state index contributed by atoms with van der Waals surface area (Å²) in [4.78, 5) is 0. The van der Waals surface area contributed by atoms with Crippen LogP contribution in [0.15, 0.2) is 54.0 Å². The third-order valence-electron chi connectivity index (χ3n) is 2.42. The standard InChI is InChI=1S/C16H24O2Si/c1-6-16(18-19(3,4)5)14(2)12-17-13-15-10-8-7-9-11-15/h6-12H,13H2,1-5H3/b14-12+,16-6-. The Morgan fingerprint density at radius 3 is 2.32 bits per heavy atom. The molecule has 1 aromatic carbocycles. The Hall–Kier alpha value is -1.48. The van der Waals surface area contributed by atoms with Crippen LogP contribution in [0.5, 0.6) is 0 Å². The molecule has 0 atom stereocenters. The maximum absolute atomic E-state index is 6.00. The Labute approximate surface area is 117 Å². The number of benzene rings is 1. The minimum atomic E-state index is -1.57. The van der Waals surface area contributed by atoms with Gasteiger partial charge in [0.2, 0.25) is 8.32 Å². The molecule has 1 aromatic rings. The Morgan fingerprint density at radius 1 is 1.16 bits per heavy atom. The molecule has 104 valence electrons. The van der Waals surface area contributed by atoms with Gasteiger partial charge in [-0.2, -0.15) is 0 Å². The second-order valence-electron chi connectivity index (χ2n) is 5.46. The molecule has 0 saturated heterocycles. The van der Waals surface area contributed by atoms with E-state index < -0.39 is 8.32 Å². The summed E-state index contributed by atoms with van der Waals surface area (Å²) in [6, 6.07) is 10.1. The molecule has 0 radical (unpaired) electrons. The van der Waals surface area contributed by atoms with E-state index in [1.165, 1.54) is 5.56 Å². The van der Waals surface area contributed by atoms with E-state index in [2.05, 4.69) is 31.8 Å². The van der Waals surface area contributed by atoms with Crippen molar-refractivity contribution in [1.29, 1.82) is 0 Å². The molecule has 0 aliphatic carbocycles. The summed E-state index contributed by atoms with van der Waals surface area (Å²) in [5.74, 6) is 0.923. The lowest BCUT2D eigenvalue weighted by molar-refractivity contribution is 0.232. The lowest BCUT2D eigenvalue weighted by atomic mass is 10.2. The Morgan fingerprint density at radius 2 is 1.79 bits per heavy atom. The third kappa shape index (κ3) is 6.29. The van der Waals surface area contributed by atoms with Gasteiger partial charge in [0.25, 0.3) is 0 Å². The first kappa shape index (κ1) is 15.6. The summed E-state index contributed by atoms with van der Waals surface area (Å²) < 4.78 is 11.6. The average molecular weight is 276 g/mol. The third-order valence-corrected chi connectivity index (χ3v) is 3.25. The maximum atomic E-state index is 6.00. The van der Waals surface area contributed by atoms with Crippen molar-refractivity contribution in [3.05, 3.63) is 59.6 Å². The molecule has 0 heterocycles. The highest BCUT2D eigenvalue weighted by Gasteiger charge is 2.18. The largest absolute Gasteiger partial charge is 0.544 e. The zero-order valence-corrected chi connectivity index (χ0v) is 13.6. The van der Waals surface area contributed by atoms with Gasteiger partial charge in [0, 0.05) is 5.57 Å². The van der Waals surface area contributed by atoms with E-state index in [1.54, 1.807) is 6.26 Å². The Bertz CT molecular complexity index is 442. The molecule has 0 amide bonds. The number of rotatable bonds is 6. The molecule has 0 aromatic heterocycles. The molecule has 0 N–H and O–H groups in total. The quantitative estimate of drug-likeness (QED) is 0.419. The van der Waals surface area contributed by atoms with Gasteiger partial charge in [0.05, 0.1) is 6.26 Å². The van der Waals surface area contributed by atoms with Crippen molar-refractivity contribution in [2.24, 2.45) is 0 Å². The van der Waals surface area contributed by atoms with E-state index in [-0.39, 0.29) is 0 Å². The van der Waals surface area contributed by atoms with Crippen LogP contribution in [0.1, 0.15) is 19.4 Å². The van der Waals surface area contributed by atoms with E-state index in [0.717, 1.165) is 11.3 Å². The number of hydrogen-bond donors (Lipinski definition) is 0. The molecule has 0 spiro atoms. The van der Waals surface area contributed by atoms with Crippen molar-refractivity contribution in [2.45, 2.75) is 40.1 Å². The van der Waals surface area contributed by atoms with E-state index >= 15 is 0 Å². The molecular weight excluding hydrogens is 252 g/mol. The van der Waals surface area contributed by atoms with Crippen molar-refractivity contribution < 1.29 is 9.16 Å². The number of ether oxygens (including phenoxy) is 1. The monoisotopic (exact) mass is 276 g/mol. The van der Waals surface area contributed by atoms with Crippen molar-refractivity contribution >= 4 is 8.32 Å². The van der Waals surface area contributed by atoms with Crippen LogP contribution in [-0.2, 0) is 15.8 Å². The Balaban J connectivity index is 2.56. The van der Waals surface area contributed by atoms with E-state index in [9.17, 15) is 0 Å². The van der Waals surface area contributed by atoms with Gasteiger partial charge in [-0.05, 0) is 45.1 Å². The highest BCUT2D eigenvalue weighted by Crippen LogP contribution is 2.17. The first-order valence-corrected chi connectivity index (χ1v) is 10.0. The number of hydrogen-bond acceptors (Lipinski definition) is 2. The first-order chi connectivity index (χ1) is 8.92. The summed E-state index contributed by atoms with van der Waals surface area (Å²) in [6.45, 7) is 11.1. The molecule has 0 bridgehead atoms. The number of allylic oxidation sites excluding steroid dienone is 2. The molecule has 0 unspecified atom stereocenters. The fourth-order valence-electron chi connectivity index (χ4n) is 1.59. The van der Waals surface area contributed by atoms with Crippen LogP contribution in [0.4, 0.5) is 0 Å². The summed E-state index contributed by atoms with van der Waals surface area (Å²) >= 11 is 0. The zero-order valence-electron chi connectivity index (χ0n) is 12.6. The summed E-state index contributed by atoms with van der Waals surface area (Å²) in [5, 5.41) is 0. The molecule has 0 aliphatic heterocycles. The van der Waals surface area contributed by atoms with Crippen LogP contribution < -0.4 is 0 Å². The minimum absolute atomic E-state index is 0.585. The van der Waals surface area contributed by atoms with Gasteiger partial charge < -0.3 is 9.16 Å². The van der Waals surface area contributed by atoms with E-state index in [1.807, 2.05) is 38.1 Å². The van der Waals surface area contributed by atoms with Crippen molar-refractivity contribution in [2.75, 3.05) is 0 Å². The second-order valence-corrected chi connectivity index (χ2v) is 9.89. The topological polar surface area (TPSA) is 18.5 Å². The maximum Gasteiger partial charge on any atom is 0.242 e. The SMILES string of the molecule is C/C=C(O[Si](C)(C)C)/C(C)=C/OCc1ccccc1. The zero-order chi connectivity index (χ0) is 14.3. The summed E-state index contributed by atoms with van der Waals surface area (Å²) in [6.07, 6.45) is 3.78. The fraction of sp³-hybridized carbons (Fsp3) is 0.375. The predicted molar refractivity (Wildman–Crippen MR) is 83.2 cm³/mol. The highest BCUT2D eigenvalue weighted by atomic mass is 28.4. The molecule has 0 fully saturated rings. The van der Waals surface area contributed by atoms with Crippen molar-refractivity contribution in [1.82, 2.24) is 0 Å². The minimum Gasteiger partial charge on any atom is -0.544 e. The van der Waals surface area contributed by atoms with Gasteiger partial charge in [-0.15, -0.1) is 0 Å². The Kier molecular flexibility index (Phi) is 5.89. The molecule has 19 heavy (non-hydrogen) atoms. The van der Waals surface area contributed by atoms with Gasteiger partial charge in [0.1, 0.15) is 12.4 Å². The van der Waals surface area contributed by atoms with Crippen LogP contribution in [0.25, 0.3) is 0 Å². The molecule has 1 rings (SSSR count). The molecular formula is C16H24O2Si. The van der Waals surface area contributed by atoms with Crippen molar-refractivity contribution in [3.63, 3.8) is 0 Å². The van der Waals surface area contributed by atoms with Crippen LogP contribution in [0, 0.1) is 0 Å². The predicted octanol–water partition coefficient (Wildman–Crippen LogP) is 4.86. The lowest BCUT2D eigenvalue weighted by Gasteiger charge is -2.22. The smallest absolute Gasteiger partial charge is 0.242 e. The molecule has 2 nitrogen and oxygen atoms in total. The molecule has 0 saturated carbocycles. The highest BCUT2D eigenvalue weighted by molar-refractivity contribution is 6.70. The van der Waals surface area contributed by atoms with Gasteiger partial charge in [-0.3, -0.25) is 0 Å². The average Bonchev–Trinajstić information content (AvgIpc) is 2.36. The van der Waals surface area contributed by atoms with Gasteiger partial charge in [-0.25, -0.2) is 0 Å². The summed E-state index contributed by atoms with van der Waals surface area (Å²) in [5.41, 5.74) is 2.19. The second kappa shape index (κ2) is 7.19. The van der Waals surface area contributed by atoms with E-state index in [4.69, 9.17) is 9.16 Å². The van der Waals surface area contributed by atoms with Gasteiger partial charge in [-0.1, -0.05) is 30.3 Å². The van der Waals surface area contributed by atoms with Gasteiger partial charge >= 0.3 is 0 Å². The molecule has 0 aliphatic rings. The van der Waals surface area contributed by atoms with Crippen LogP contribution in [-0.4, -0.2) is 8.32 Å². The summed E-state index contributed by atoms with van der Waals surface area (Å²) in [7, 11) is -1.57. The van der Waals surface area contributed by atoms with E-state index in [0.29, 0.717) is 6.61 Å². The fourth-order valence-corrected chi connectivity index (χ4v) is 2.53. The van der Waals surface area contributed by atoms with Crippen LogP contribution in [0.2, 0.25) is 19.6 Å². The van der Waals surface area contributed by atoms with Crippen LogP contribution >= 0.6 is 0 Å².